The van der Waals surface area contributed by atoms with Gasteiger partial charge >= 0.3 is 0 Å². The number of nitrogens with zero attached hydrogens (tertiary/aromatic N) is 2. The number of carbonyl (C=O) groups is 6. The Morgan fingerprint density at radius 1 is 0.900 bits per heavy atom. The number of carbonyl (C=O) groups excluding carboxylic acids is 6. The first-order chi connectivity index (χ1) is 28.8. The third kappa shape index (κ3) is 13.6. The molecule has 0 spiro atoms. The van der Waals surface area contributed by atoms with Crippen LogP contribution in [0, 0.1) is 5.92 Å². The summed E-state index contributed by atoms with van der Waals surface area (Å²) in [6.07, 6.45) is 4.34. The van der Waals surface area contributed by atoms with Crippen molar-refractivity contribution in [2.45, 2.75) is 89.0 Å². The molecule has 5 atom stereocenters. The van der Waals surface area contributed by atoms with Crippen LogP contribution in [-0.4, -0.2) is 120 Å². The molecule has 0 bridgehead atoms. The van der Waals surface area contributed by atoms with E-state index in [1.54, 1.807) is 20.0 Å². The van der Waals surface area contributed by atoms with Crippen LogP contribution in [0.4, 0.5) is 5.69 Å². The van der Waals surface area contributed by atoms with Crippen molar-refractivity contribution >= 4 is 75.2 Å². The van der Waals surface area contributed by atoms with E-state index in [1.807, 2.05) is 48.5 Å². The van der Waals surface area contributed by atoms with E-state index in [9.17, 15) is 28.8 Å². The molecule has 60 heavy (non-hydrogen) atoms. The number of unbranched alkanes of at least 4 members (excludes halogenated alkanes) is 1. The van der Waals surface area contributed by atoms with Gasteiger partial charge in [-0.3, -0.25) is 28.8 Å². The highest BCUT2D eigenvalue weighted by atomic mass is 35.5. The van der Waals surface area contributed by atoms with Gasteiger partial charge in [0, 0.05) is 60.6 Å². The van der Waals surface area contributed by atoms with Crippen molar-refractivity contribution in [2.75, 3.05) is 49.4 Å². The van der Waals surface area contributed by atoms with Crippen molar-refractivity contribution in [3.05, 3.63) is 65.9 Å². The van der Waals surface area contributed by atoms with Gasteiger partial charge in [-0.05, 0) is 80.3 Å². The molecule has 0 saturated carbocycles. The Balaban J connectivity index is 1.44. The van der Waals surface area contributed by atoms with E-state index in [1.165, 1.54) is 4.90 Å². The first-order valence-electron chi connectivity index (χ1n) is 20.5. The van der Waals surface area contributed by atoms with Crippen LogP contribution in [0.2, 0.25) is 0 Å². The molecule has 0 aliphatic carbocycles. The lowest BCUT2D eigenvalue weighted by Crippen LogP contribution is -2.57. The molecular formula is C42H60Cl2N10O6. The predicted molar refractivity (Wildman–Crippen MR) is 234 cm³/mol. The predicted octanol–water partition coefficient (Wildman–Crippen LogP) is 1.40. The highest BCUT2D eigenvalue weighted by Gasteiger charge is 2.39. The Morgan fingerprint density at radius 3 is 2.25 bits per heavy atom. The van der Waals surface area contributed by atoms with E-state index in [2.05, 4.69) is 31.2 Å². The number of hydrogen-bond acceptors (Lipinski definition) is 9. The van der Waals surface area contributed by atoms with Crippen LogP contribution in [-0.2, 0) is 41.6 Å². The van der Waals surface area contributed by atoms with Crippen molar-refractivity contribution in [3.63, 3.8) is 0 Å². The van der Waals surface area contributed by atoms with E-state index in [-0.39, 0.29) is 31.7 Å². The van der Waals surface area contributed by atoms with Gasteiger partial charge in [0.15, 0.2) is 0 Å². The highest BCUT2D eigenvalue weighted by molar-refractivity contribution is 6.18. The molecule has 16 nitrogen and oxygen atoms in total. The van der Waals surface area contributed by atoms with Gasteiger partial charge in [-0.15, -0.1) is 23.2 Å². The minimum Gasteiger partial charge on any atom is -0.369 e. The van der Waals surface area contributed by atoms with Crippen molar-refractivity contribution in [1.82, 2.24) is 31.2 Å². The van der Waals surface area contributed by atoms with Gasteiger partial charge in [0.1, 0.15) is 24.2 Å². The number of fused-ring (bicyclic) bond motifs is 1. The molecule has 328 valence electrons. The monoisotopic (exact) mass is 870 g/mol. The molecule has 11 N–H and O–H groups in total. The van der Waals surface area contributed by atoms with E-state index < -0.39 is 72.2 Å². The molecule has 0 radical (unpaired) electrons. The van der Waals surface area contributed by atoms with Gasteiger partial charge in [-0.2, -0.15) is 0 Å². The lowest BCUT2D eigenvalue weighted by Gasteiger charge is -2.30. The topological polar surface area (TPSA) is 251 Å². The largest absolute Gasteiger partial charge is 0.369 e. The summed E-state index contributed by atoms with van der Waals surface area (Å²) < 4.78 is 0. The van der Waals surface area contributed by atoms with Crippen LogP contribution in [0.25, 0.3) is 10.9 Å². The molecule has 1 aliphatic heterocycles. The van der Waals surface area contributed by atoms with Gasteiger partial charge in [0.05, 0.1) is 12.6 Å². The highest BCUT2D eigenvalue weighted by Crippen LogP contribution is 2.22. The number of nitrogens with two attached hydrogens (primary N) is 3. The first-order valence-corrected chi connectivity index (χ1v) is 21.6. The molecular weight excluding hydrogens is 811 g/mol. The third-order valence-corrected chi connectivity index (χ3v) is 11.0. The summed E-state index contributed by atoms with van der Waals surface area (Å²) in [6, 6.07) is 10.3. The number of rotatable bonds is 24. The van der Waals surface area contributed by atoms with Gasteiger partial charge in [0.2, 0.25) is 35.4 Å². The molecule has 1 fully saturated rings. The number of halogens is 2. The molecule has 1 aromatic heterocycles. The molecule has 2 heterocycles. The Bertz CT molecular complexity index is 1900. The fraction of sp³-hybridized carbons (Fsp3) is 0.524. The quantitative estimate of drug-likeness (QED) is 0.0478. The molecule has 1 saturated heterocycles. The fourth-order valence-corrected chi connectivity index (χ4v) is 7.79. The van der Waals surface area contributed by atoms with Gasteiger partial charge in [-0.25, -0.2) is 0 Å². The number of nitrogens with one attached hydrogen (secondary N) is 5. The van der Waals surface area contributed by atoms with Crippen LogP contribution in [0.3, 0.4) is 0 Å². The average Bonchev–Trinajstić information content (AvgIpc) is 3.89. The Hall–Kier alpha value is -4.90. The number of H-pyrrole nitrogens is 1. The van der Waals surface area contributed by atoms with Crippen LogP contribution < -0.4 is 43.4 Å². The molecule has 4 rings (SSSR count). The van der Waals surface area contributed by atoms with Crippen LogP contribution in [0.5, 0.6) is 0 Å². The molecule has 2 aromatic carbocycles. The lowest BCUT2D eigenvalue weighted by molar-refractivity contribution is -0.142. The van der Waals surface area contributed by atoms with E-state index in [0.717, 1.165) is 27.7 Å². The molecule has 6 amide bonds. The van der Waals surface area contributed by atoms with Crippen molar-refractivity contribution in [1.29, 1.82) is 0 Å². The molecule has 1 aliphatic rings. The maximum absolute atomic E-state index is 13.9. The normalized spacial score (nSPS) is 15.8. The Labute approximate surface area is 361 Å². The minimum absolute atomic E-state index is 0.0909. The second-order valence-electron chi connectivity index (χ2n) is 15.4. The summed E-state index contributed by atoms with van der Waals surface area (Å²) in [5, 5.41) is 11.7. The van der Waals surface area contributed by atoms with Crippen LogP contribution in [0.1, 0.15) is 57.1 Å². The summed E-state index contributed by atoms with van der Waals surface area (Å²) in [7, 11) is 0. The number of para-hydroxylation sites is 1. The van der Waals surface area contributed by atoms with E-state index >= 15 is 0 Å². The van der Waals surface area contributed by atoms with Crippen molar-refractivity contribution in [2.24, 2.45) is 23.1 Å². The number of alkyl halides is 2. The number of hydrogen-bond donors (Lipinski definition) is 8. The third-order valence-electron chi connectivity index (χ3n) is 10.6. The molecule has 0 unspecified atom stereocenters. The number of amides is 6. The number of primary amides is 1. The smallest absolute Gasteiger partial charge is 0.245 e. The zero-order chi connectivity index (χ0) is 43.8. The number of anilines is 1. The number of likely N-dealkylation sites (tertiary alicyclic amines) is 1. The van der Waals surface area contributed by atoms with Crippen molar-refractivity contribution < 1.29 is 28.8 Å². The lowest BCUT2D eigenvalue weighted by atomic mass is 10.0. The number of benzene rings is 2. The number of aromatic nitrogens is 1. The van der Waals surface area contributed by atoms with E-state index in [4.69, 9.17) is 40.4 Å². The first kappa shape index (κ1) is 47.8. The summed E-state index contributed by atoms with van der Waals surface area (Å²) >= 11 is 11.9. The molecule has 3 aromatic rings. The summed E-state index contributed by atoms with van der Waals surface area (Å²) in [5.74, 6) is -2.83. The minimum atomic E-state index is -1.11. The summed E-state index contributed by atoms with van der Waals surface area (Å²) in [6.45, 7) is 4.93. The zero-order valence-electron chi connectivity index (χ0n) is 34.4. The van der Waals surface area contributed by atoms with Gasteiger partial charge in [0.25, 0.3) is 0 Å². The molecule has 18 heteroatoms. The summed E-state index contributed by atoms with van der Waals surface area (Å²) in [5.41, 5.74) is 21.0. The zero-order valence-corrected chi connectivity index (χ0v) is 35.9. The Morgan fingerprint density at radius 2 is 1.60 bits per heavy atom. The van der Waals surface area contributed by atoms with E-state index in [0.29, 0.717) is 57.1 Å². The SMILES string of the molecule is CC(C)[C@H](NC(=O)[C@@H]1CCCN1C(=O)[C@H](CCCCN)NC(=O)CNC(=O)[C@H](Cc1c[nH]c2ccccc12)NC(=O)[C@@H](N)Cc1ccc(N(CCCl)CCCl)cc1)C(N)=O. The summed E-state index contributed by atoms with van der Waals surface area (Å²) in [4.78, 5) is 86.7. The maximum atomic E-state index is 13.9. The fourth-order valence-electron chi connectivity index (χ4n) is 7.38. The van der Waals surface area contributed by atoms with Crippen LogP contribution >= 0.6 is 23.2 Å². The second-order valence-corrected chi connectivity index (χ2v) is 16.2. The number of aromatic amines is 1. The average molecular weight is 872 g/mol. The van der Waals surface area contributed by atoms with Crippen LogP contribution in [0.15, 0.2) is 54.7 Å². The van der Waals surface area contributed by atoms with Gasteiger partial charge in [-0.1, -0.05) is 44.2 Å². The Kier molecular flexibility index (Phi) is 18.9. The standard InChI is InChI=1S/C42H60Cl2N10O6/c1-26(2)37(38(47)56)52-41(59)35-11-7-19-54(35)42(60)33(10-5-6-18-45)50-36(55)25-49-40(58)34(23-28-24-48-32-9-4-3-8-30(28)32)51-39(57)31(46)22-27-12-14-29(15-13-27)53(20-16-43)21-17-44/h3-4,8-9,12-15,24,26,31,33-35,37,48H,5-7,10-11,16-23,25,45-46H2,1-2H3,(H2,47,56)(H,49,58)(H,50,55)(H,51,57)(H,52,59)/t31-,33-,34-,35-,37-/m0/s1. The maximum Gasteiger partial charge on any atom is 0.245 e. The van der Waals surface area contributed by atoms with Gasteiger partial charge < -0.3 is 53.3 Å². The second kappa shape index (κ2) is 23.8. The van der Waals surface area contributed by atoms with Crippen molar-refractivity contribution in [3.8, 4) is 0 Å².